The van der Waals surface area contributed by atoms with E-state index in [0.717, 1.165) is 28.4 Å². The number of para-hydroxylation sites is 1. The Labute approximate surface area is 152 Å². The summed E-state index contributed by atoms with van der Waals surface area (Å²) in [5.74, 6) is 0.848. The zero-order valence-electron chi connectivity index (χ0n) is 14.6. The van der Waals surface area contributed by atoms with Crippen molar-refractivity contribution in [3.05, 3.63) is 54.1 Å². The Morgan fingerprint density at radius 2 is 1.92 bits per heavy atom. The highest BCUT2D eigenvalue weighted by Gasteiger charge is 2.23. The molecule has 25 heavy (non-hydrogen) atoms. The van der Waals surface area contributed by atoms with Gasteiger partial charge in [0.2, 0.25) is 0 Å². The third-order valence-corrected chi connectivity index (χ3v) is 5.34. The van der Waals surface area contributed by atoms with Gasteiger partial charge in [0, 0.05) is 12.1 Å². The van der Waals surface area contributed by atoms with E-state index in [9.17, 15) is 0 Å². The average Bonchev–Trinajstić information content (AvgIpc) is 3.32. The number of rotatable bonds is 7. The number of ether oxygens (including phenoxy) is 1. The van der Waals surface area contributed by atoms with Crippen LogP contribution >= 0.6 is 11.3 Å². The molecule has 0 amide bonds. The molecule has 1 atom stereocenters. The van der Waals surface area contributed by atoms with Crippen LogP contribution in [-0.4, -0.2) is 17.1 Å². The summed E-state index contributed by atoms with van der Waals surface area (Å²) in [4.78, 5) is 4.52. The van der Waals surface area contributed by atoms with E-state index in [4.69, 9.17) is 4.74 Å². The third-order valence-electron chi connectivity index (χ3n) is 4.43. The van der Waals surface area contributed by atoms with Crippen LogP contribution in [0.3, 0.4) is 0 Å². The average molecular weight is 356 g/mol. The molecule has 4 nitrogen and oxygen atoms in total. The van der Waals surface area contributed by atoms with Crippen molar-refractivity contribution in [3.8, 4) is 10.9 Å². The number of fused-ring (bicyclic) bond motifs is 1. The minimum Gasteiger partial charge on any atom is -0.431 e. The molecular weight excluding hydrogens is 330 g/mol. The Kier molecular flexibility index (Phi) is 5.68. The summed E-state index contributed by atoms with van der Waals surface area (Å²) in [6, 6.07) is 17.9. The van der Waals surface area contributed by atoms with Crippen LogP contribution in [0.4, 0.5) is 0 Å². The third kappa shape index (κ3) is 4.57. The molecule has 0 aliphatic heterocycles. The molecule has 1 aliphatic rings. The summed E-state index contributed by atoms with van der Waals surface area (Å²) >= 11 is 1.58. The van der Waals surface area contributed by atoms with Crippen molar-refractivity contribution >= 4 is 21.6 Å². The van der Waals surface area contributed by atoms with Gasteiger partial charge in [0.15, 0.2) is 0 Å². The van der Waals surface area contributed by atoms with Gasteiger partial charge in [-0.15, -0.1) is 0 Å². The highest BCUT2D eigenvalue weighted by Crippen LogP contribution is 2.31. The fraction of sp³-hybridized carbons (Fsp3) is 0.350. The lowest BCUT2D eigenvalue weighted by Gasteiger charge is -2.16. The normalized spacial score (nSPS) is 14.9. The first kappa shape index (κ1) is 17.9. The molecule has 132 valence electrons. The SMILES string of the molecule is CCC(Cc1ccc(Oc2nc3ccccc3s2)cc1)NC1CC1.N. The number of benzene rings is 2. The molecule has 1 fully saturated rings. The molecule has 4 N–H and O–H groups in total. The van der Waals surface area contributed by atoms with Gasteiger partial charge in [-0.1, -0.05) is 42.5 Å². The molecule has 1 aliphatic carbocycles. The van der Waals surface area contributed by atoms with E-state index in [1.54, 1.807) is 11.3 Å². The van der Waals surface area contributed by atoms with Crippen LogP contribution in [0.25, 0.3) is 10.2 Å². The van der Waals surface area contributed by atoms with Crippen molar-refractivity contribution < 1.29 is 4.74 Å². The number of aromatic nitrogens is 1. The van der Waals surface area contributed by atoms with Gasteiger partial charge in [0.25, 0.3) is 5.19 Å². The number of hydrogen-bond acceptors (Lipinski definition) is 5. The zero-order chi connectivity index (χ0) is 16.4. The number of hydrogen-bond donors (Lipinski definition) is 2. The van der Waals surface area contributed by atoms with Crippen molar-refractivity contribution in [1.82, 2.24) is 16.5 Å². The molecule has 0 radical (unpaired) electrons. The molecule has 1 aromatic heterocycles. The predicted octanol–water partition coefficient (Wildman–Crippen LogP) is 5.32. The number of nitrogens with one attached hydrogen (secondary N) is 1. The molecule has 1 saturated carbocycles. The second-order valence-corrected chi connectivity index (χ2v) is 7.44. The number of thiazole rings is 1. The van der Waals surface area contributed by atoms with E-state index in [0.29, 0.717) is 11.2 Å². The van der Waals surface area contributed by atoms with Crippen LogP contribution in [0.15, 0.2) is 48.5 Å². The van der Waals surface area contributed by atoms with E-state index >= 15 is 0 Å². The largest absolute Gasteiger partial charge is 0.431 e. The Morgan fingerprint density at radius 1 is 1.16 bits per heavy atom. The summed E-state index contributed by atoms with van der Waals surface area (Å²) in [7, 11) is 0. The Balaban J connectivity index is 0.00000182. The maximum absolute atomic E-state index is 5.92. The Hall–Kier alpha value is -1.95. The van der Waals surface area contributed by atoms with Gasteiger partial charge >= 0.3 is 0 Å². The lowest BCUT2D eigenvalue weighted by Crippen LogP contribution is -2.32. The molecule has 2 aromatic carbocycles. The molecule has 5 heteroatoms. The van der Waals surface area contributed by atoms with Crippen LogP contribution in [0.1, 0.15) is 31.7 Å². The summed E-state index contributed by atoms with van der Waals surface area (Å²) in [5.41, 5.74) is 2.35. The zero-order valence-corrected chi connectivity index (χ0v) is 15.4. The first-order valence-corrected chi connectivity index (χ1v) is 9.50. The molecule has 0 saturated heterocycles. The maximum atomic E-state index is 5.92. The monoisotopic (exact) mass is 355 g/mol. The van der Waals surface area contributed by atoms with Gasteiger partial charge in [-0.3, -0.25) is 0 Å². The summed E-state index contributed by atoms with van der Waals surface area (Å²) < 4.78 is 7.07. The van der Waals surface area contributed by atoms with Gasteiger partial charge in [-0.05, 0) is 55.5 Å². The Bertz CT molecular complexity index is 778. The van der Waals surface area contributed by atoms with E-state index in [2.05, 4.69) is 35.4 Å². The van der Waals surface area contributed by atoms with E-state index in [1.807, 2.05) is 30.3 Å². The minimum absolute atomic E-state index is 0. The molecular formula is C20H25N3OS. The van der Waals surface area contributed by atoms with Crippen molar-refractivity contribution in [2.75, 3.05) is 0 Å². The lowest BCUT2D eigenvalue weighted by atomic mass is 10.0. The molecule has 3 aromatic rings. The van der Waals surface area contributed by atoms with Gasteiger partial charge in [-0.25, -0.2) is 4.98 Å². The van der Waals surface area contributed by atoms with Crippen molar-refractivity contribution in [2.24, 2.45) is 0 Å². The lowest BCUT2D eigenvalue weighted by molar-refractivity contribution is 0.477. The van der Waals surface area contributed by atoms with Crippen molar-refractivity contribution in [2.45, 2.75) is 44.7 Å². The van der Waals surface area contributed by atoms with Crippen LogP contribution in [0.2, 0.25) is 0 Å². The summed E-state index contributed by atoms with van der Waals surface area (Å²) in [5, 5.41) is 4.42. The van der Waals surface area contributed by atoms with Crippen LogP contribution in [0.5, 0.6) is 10.9 Å². The quantitative estimate of drug-likeness (QED) is 0.601. The molecule has 0 spiro atoms. The van der Waals surface area contributed by atoms with E-state index < -0.39 is 0 Å². The summed E-state index contributed by atoms with van der Waals surface area (Å²) in [6.07, 6.45) is 4.92. The minimum atomic E-state index is 0. The Morgan fingerprint density at radius 3 is 2.60 bits per heavy atom. The van der Waals surface area contributed by atoms with Gasteiger partial charge in [0.05, 0.1) is 10.2 Å². The summed E-state index contributed by atoms with van der Waals surface area (Å²) in [6.45, 7) is 2.25. The fourth-order valence-electron chi connectivity index (χ4n) is 2.88. The van der Waals surface area contributed by atoms with Crippen LogP contribution in [-0.2, 0) is 6.42 Å². The molecule has 1 unspecified atom stereocenters. The van der Waals surface area contributed by atoms with E-state index in [1.165, 1.54) is 24.8 Å². The second-order valence-electron chi connectivity index (χ2n) is 6.44. The topological polar surface area (TPSA) is 69.2 Å². The first-order chi connectivity index (χ1) is 11.8. The van der Waals surface area contributed by atoms with Gasteiger partial charge < -0.3 is 16.2 Å². The molecule has 1 heterocycles. The van der Waals surface area contributed by atoms with Crippen molar-refractivity contribution in [3.63, 3.8) is 0 Å². The van der Waals surface area contributed by atoms with Crippen LogP contribution in [0, 0.1) is 0 Å². The van der Waals surface area contributed by atoms with Gasteiger partial charge in [-0.2, -0.15) is 0 Å². The molecule has 0 bridgehead atoms. The standard InChI is InChI=1S/C20H22N2OS.H3N/c1-2-15(21-16-9-10-16)13-14-7-11-17(12-8-14)23-20-22-18-5-3-4-6-19(18)24-20;/h3-8,11-12,15-16,21H,2,9-10,13H2,1H3;1H3. The second kappa shape index (κ2) is 7.95. The van der Waals surface area contributed by atoms with Crippen molar-refractivity contribution in [1.29, 1.82) is 0 Å². The van der Waals surface area contributed by atoms with Crippen LogP contribution < -0.4 is 16.2 Å². The van der Waals surface area contributed by atoms with E-state index in [-0.39, 0.29) is 6.15 Å². The smallest absolute Gasteiger partial charge is 0.279 e. The maximum Gasteiger partial charge on any atom is 0.279 e. The fourth-order valence-corrected chi connectivity index (χ4v) is 3.71. The number of nitrogens with zero attached hydrogens (tertiary/aromatic N) is 1. The predicted molar refractivity (Wildman–Crippen MR) is 105 cm³/mol. The highest BCUT2D eigenvalue weighted by molar-refractivity contribution is 7.20. The highest BCUT2D eigenvalue weighted by atomic mass is 32.1. The van der Waals surface area contributed by atoms with Gasteiger partial charge in [0.1, 0.15) is 5.75 Å². The molecule has 4 rings (SSSR count). The first-order valence-electron chi connectivity index (χ1n) is 8.68.